The summed E-state index contributed by atoms with van der Waals surface area (Å²) in [4.78, 5) is 8.16. The van der Waals surface area contributed by atoms with Crippen molar-refractivity contribution in [3.05, 3.63) is 18.1 Å². The van der Waals surface area contributed by atoms with Crippen molar-refractivity contribution in [1.82, 2.24) is 9.97 Å². The third-order valence-electron chi connectivity index (χ3n) is 2.79. The van der Waals surface area contributed by atoms with Crippen LogP contribution in [0.1, 0.15) is 19.0 Å². The minimum atomic E-state index is -1.08. The second kappa shape index (κ2) is 3.75. The van der Waals surface area contributed by atoms with Gasteiger partial charge in [-0.05, 0) is 6.92 Å². The lowest BCUT2D eigenvalue weighted by Crippen LogP contribution is -2.34. The summed E-state index contributed by atoms with van der Waals surface area (Å²) < 4.78 is 10.4. The topological polar surface area (TPSA) is 64.5 Å². The summed E-state index contributed by atoms with van der Waals surface area (Å²) in [6.07, 6.45) is 3.30. The molecule has 2 rings (SSSR count). The SMILES string of the molecule is COc1nccnc1C1(O)CCOC1C. The minimum absolute atomic E-state index is 0.289. The summed E-state index contributed by atoms with van der Waals surface area (Å²) in [5, 5.41) is 10.4. The highest BCUT2D eigenvalue weighted by atomic mass is 16.5. The van der Waals surface area contributed by atoms with Crippen molar-refractivity contribution in [3.63, 3.8) is 0 Å². The van der Waals surface area contributed by atoms with Gasteiger partial charge in [-0.25, -0.2) is 4.98 Å². The number of ether oxygens (including phenoxy) is 2. The number of hydrogen-bond acceptors (Lipinski definition) is 5. The van der Waals surface area contributed by atoms with Crippen LogP contribution >= 0.6 is 0 Å². The molecule has 1 aromatic heterocycles. The van der Waals surface area contributed by atoms with Gasteiger partial charge in [0.05, 0.1) is 19.8 Å². The average Bonchev–Trinajstić information content (AvgIpc) is 2.60. The van der Waals surface area contributed by atoms with E-state index in [1.54, 1.807) is 6.20 Å². The predicted molar refractivity (Wildman–Crippen MR) is 52.5 cm³/mol. The molecule has 2 heterocycles. The number of aliphatic hydroxyl groups is 1. The van der Waals surface area contributed by atoms with Crippen LogP contribution in [0.3, 0.4) is 0 Å². The lowest BCUT2D eigenvalue weighted by atomic mass is 9.92. The van der Waals surface area contributed by atoms with Gasteiger partial charge in [-0.1, -0.05) is 0 Å². The zero-order valence-corrected chi connectivity index (χ0v) is 8.80. The number of aromatic nitrogens is 2. The van der Waals surface area contributed by atoms with Gasteiger partial charge in [-0.3, -0.25) is 4.98 Å². The number of hydrogen-bond donors (Lipinski definition) is 1. The first-order chi connectivity index (χ1) is 7.18. The van der Waals surface area contributed by atoms with Gasteiger partial charge in [0.1, 0.15) is 11.3 Å². The zero-order valence-electron chi connectivity index (χ0n) is 8.80. The molecule has 5 heteroatoms. The summed E-state index contributed by atoms with van der Waals surface area (Å²) >= 11 is 0. The fourth-order valence-corrected chi connectivity index (χ4v) is 1.81. The molecule has 82 valence electrons. The van der Waals surface area contributed by atoms with Crippen LogP contribution in [0.2, 0.25) is 0 Å². The van der Waals surface area contributed by atoms with Crippen LogP contribution in [0.15, 0.2) is 12.4 Å². The van der Waals surface area contributed by atoms with Gasteiger partial charge in [0.25, 0.3) is 0 Å². The minimum Gasteiger partial charge on any atom is -0.480 e. The molecule has 0 radical (unpaired) electrons. The average molecular weight is 210 g/mol. The Balaban J connectivity index is 2.43. The lowest BCUT2D eigenvalue weighted by Gasteiger charge is -2.25. The molecule has 1 N–H and O–H groups in total. The van der Waals surface area contributed by atoms with Crippen LogP contribution in [0, 0.1) is 0 Å². The molecule has 1 aliphatic heterocycles. The maximum Gasteiger partial charge on any atom is 0.238 e. The van der Waals surface area contributed by atoms with Crippen molar-refractivity contribution in [3.8, 4) is 5.88 Å². The van der Waals surface area contributed by atoms with Crippen LogP contribution in [-0.4, -0.2) is 34.9 Å². The Kier molecular flexibility index (Phi) is 2.58. The molecule has 15 heavy (non-hydrogen) atoms. The van der Waals surface area contributed by atoms with E-state index in [9.17, 15) is 5.11 Å². The van der Waals surface area contributed by atoms with E-state index in [4.69, 9.17) is 9.47 Å². The quantitative estimate of drug-likeness (QED) is 0.769. The van der Waals surface area contributed by atoms with E-state index in [1.165, 1.54) is 13.3 Å². The van der Waals surface area contributed by atoms with Crippen LogP contribution in [0.4, 0.5) is 0 Å². The van der Waals surface area contributed by atoms with Gasteiger partial charge < -0.3 is 14.6 Å². The molecule has 0 saturated carbocycles. The molecule has 0 amide bonds. The van der Waals surface area contributed by atoms with E-state index in [0.29, 0.717) is 24.6 Å². The van der Waals surface area contributed by atoms with Crippen molar-refractivity contribution in [1.29, 1.82) is 0 Å². The highest BCUT2D eigenvalue weighted by molar-refractivity contribution is 5.26. The summed E-state index contributed by atoms with van der Waals surface area (Å²) in [6, 6.07) is 0. The molecule has 2 atom stereocenters. The lowest BCUT2D eigenvalue weighted by molar-refractivity contribution is -0.0366. The number of methoxy groups -OCH3 is 1. The maximum atomic E-state index is 10.4. The van der Waals surface area contributed by atoms with Crippen LogP contribution in [-0.2, 0) is 10.3 Å². The van der Waals surface area contributed by atoms with E-state index in [-0.39, 0.29) is 6.10 Å². The maximum absolute atomic E-state index is 10.4. The third-order valence-corrected chi connectivity index (χ3v) is 2.79. The fourth-order valence-electron chi connectivity index (χ4n) is 1.81. The van der Waals surface area contributed by atoms with E-state index < -0.39 is 5.60 Å². The molecule has 1 fully saturated rings. The molecule has 0 aromatic carbocycles. The third kappa shape index (κ3) is 1.57. The van der Waals surface area contributed by atoms with Gasteiger partial charge in [0.15, 0.2) is 0 Å². The molecule has 0 aliphatic carbocycles. The fraction of sp³-hybridized carbons (Fsp3) is 0.600. The smallest absolute Gasteiger partial charge is 0.238 e. The molecule has 1 aliphatic rings. The Hall–Kier alpha value is -1.20. The van der Waals surface area contributed by atoms with Crippen molar-refractivity contribution in [2.45, 2.75) is 25.0 Å². The molecule has 5 nitrogen and oxygen atoms in total. The first kappa shape index (κ1) is 10.3. The van der Waals surface area contributed by atoms with Gasteiger partial charge in [0.2, 0.25) is 5.88 Å². The molecule has 1 aromatic rings. The molecule has 0 spiro atoms. The Bertz CT molecular complexity index is 358. The summed E-state index contributed by atoms with van der Waals surface area (Å²) in [7, 11) is 1.51. The van der Waals surface area contributed by atoms with Crippen LogP contribution < -0.4 is 4.74 Å². The number of nitrogens with zero attached hydrogens (tertiary/aromatic N) is 2. The molecule has 2 unspecified atom stereocenters. The van der Waals surface area contributed by atoms with E-state index in [2.05, 4.69) is 9.97 Å². The second-order valence-corrected chi connectivity index (χ2v) is 3.60. The predicted octanol–water partition coefficient (Wildman–Crippen LogP) is 0.482. The zero-order chi connectivity index (χ0) is 10.9. The van der Waals surface area contributed by atoms with E-state index in [0.717, 1.165) is 0 Å². The standard InChI is InChI=1S/C10H14N2O3/c1-7-10(13,3-6-15-7)8-9(14-2)12-5-4-11-8/h4-5,7,13H,3,6H2,1-2H3. The Morgan fingerprint density at radius 1 is 1.53 bits per heavy atom. The largest absolute Gasteiger partial charge is 0.480 e. The van der Waals surface area contributed by atoms with Crippen molar-refractivity contribution < 1.29 is 14.6 Å². The molecule has 1 saturated heterocycles. The Morgan fingerprint density at radius 2 is 2.27 bits per heavy atom. The molecular formula is C10H14N2O3. The van der Waals surface area contributed by atoms with Crippen LogP contribution in [0.25, 0.3) is 0 Å². The molecular weight excluding hydrogens is 196 g/mol. The summed E-state index contributed by atoms with van der Waals surface area (Å²) in [6.45, 7) is 2.35. The van der Waals surface area contributed by atoms with Gasteiger partial charge in [0, 0.05) is 18.8 Å². The normalized spacial score (nSPS) is 30.5. The molecule has 0 bridgehead atoms. The van der Waals surface area contributed by atoms with Crippen molar-refractivity contribution in [2.75, 3.05) is 13.7 Å². The van der Waals surface area contributed by atoms with E-state index >= 15 is 0 Å². The second-order valence-electron chi connectivity index (χ2n) is 3.60. The van der Waals surface area contributed by atoms with Crippen LogP contribution in [0.5, 0.6) is 5.88 Å². The number of rotatable bonds is 2. The van der Waals surface area contributed by atoms with Gasteiger partial charge >= 0.3 is 0 Å². The monoisotopic (exact) mass is 210 g/mol. The first-order valence-electron chi connectivity index (χ1n) is 4.88. The van der Waals surface area contributed by atoms with E-state index in [1.807, 2.05) is 6.92 Å². The summed E-state index contributed by atoms with van der Waals surface area (Å²) in [5.74, 6) is 0.359. The van der Waals surface area contributed by atoms with Crippen molar-refractivity contribution >= 4 is 0 Å². The highest BCUT2D eigenvalue weighted by Crippen LogP contribution is 2.37. The Morgan fingerprint density at radius 3 is 2.87 bits per heavy atom. The first-order valence-corrected chi connectivity index (χ1v) is 4.88. The summed E-state index contributed by atoms with van der Waals surface area (Å²) in [5.41, 5.74) is -0.628. The Labute approximate surface area is 88.1 Å². The highest BCUT2D eigenvalue weighted by Gasteiger charge is 2.44. The van der Waals surface area contributed by atoms with Gasteiger partial charge in [-0.2, -0.15) is 0 Å². The van der Waals surface area contributed by atoms with Gasteiger partial charge in [-0.15, -0.1) is 0 Å². The van der Waals surface area contributed by atoms with Crippen molar-refractivity contribution in [2.24, 2.45) is 0 Å².